The van der Waals surface area contributed by atoms with E-state index >= 15 is 0 Å². The summed E-state index contributed by atoms with van der Waals surface area (Å²) in [6, 6.07) is 10.6. The molecule has 0 aliphatic rings. The van der Waals surface area contributed by atoms with Gasteiger partial charge in [-0.25, -0.2) is 0 Å². The molecule has 0 bridgehead atoms. The molecule has 1 aromatic carbocycles. The number of nitrogens with one attached hydrogen (secondary N) is 1. The molecule has 0 fully saturated rings. The fourth-order valence-corrected chi connectivity index (χ4v) is 1.68. The Labute approximate surface area is 146 Å². The van der Waals surface area contributed by atoms with Gasteiger partial charge in [0.2, 0.25) is 0 Å². The first kappa shape index (κ1) is 26.9. The zero-order chi connectivity index (χ0) is 16.1. The molecule has 0 aliphatic carbocycles. The Morgan fingerprint density at radius 3 is 1.70 bits per heavy atom. The Kier molecular flexibility index (Phi) is 20.4. The molecule has 1 aromatic rings. The second-order valence-corrected chi connectivity index (χ2v) is 5.93. The van der Waals surface area contributed by atoms with Crippen molar-refractivity contribution < 1.29 is 0 Å². The Morgan fingerprint density at radius 2 is 1.30 bits per heavy atom. The molecule has 1 rings (SSSR count). The number of hydrogen-bond donors (Lipinski definition) is 1. The van der Waals surface area contributed by atoms with Crippen LogP contribution in [0.5, 0.6) is 0 Å². The third-order valence-electron chi connectivity index (χ3n) is 3.03. The van der Waals surface area contributed by atoms with Gasteiger partial charge in [-0.15, -0.1) is 0 Å². The summed E-state index contributed by atoms with van der Waals surface area (Å²) in [5.74, 6) is 0. The van der Waals surface area contributed by atoms with Crippen LogP contribution >= 0.6 is 0 Å². The fraction of sp³-hybridized carbons (Fsp3) is 0.684. The van der Waals surface area contributed by atoms with Crippen LogP contribution in [0.15, 0.2) is 30.3 Å². The van der Waals surface area contributed by atoms with E-state index in [-0.39, 0.29) is 14.9 Å². The van der Waals surface area contributed by atoms with E-state index < -0.39 is 0 Å². The molecule has 0 saturated heterocycles. The van der Waals surface area contributed by atoms with Crippen molar-refractivity contribution in [1.29, 1.82) is 0 Å². The summed E-state index contributed by atoms with van der Waals surface area (Å²) < 4.78 is 0. The van der Waals surface area contributed by atoms with Crippen molar-refractivity contribution >= 4 is 0 Å². The van der Waals surface area contributed by atoms with Crippen LogP contribution in [0.25, 0.3) is 0 Å². The molecule has 0 saturated carbocycles. The molecule has 0 atom stereocenters. The van der Waals surface area contributed by atoms with Crippen molar-refractivity contribution in [3.05, 3.63) is 35.9 Å². The predicted molar refractivity (Wildman–Crippen MR) is 107 cm³/mol. The molecule has 0 aromatic heterocycles. The number of likely N-dealkylation sites (N-methyl/N-ethyl adjacent to an activating group) is 4. The van der Waals surface area contributed by atoms with Gasteiger partial charge in [0, 0.05) is 32.7 Å². The van der Waals surface area contributed by atoms with Crippen molar-refractivity contribution in [1.82, 2.24) is 20.0 Å². The molecule has 138 valence electrons. The van der Waals surface area contributed by atoms with Crippen LogP contribution in [0, 0.1) is 0 Å². The van der Waals surface area contributed by atoms with Gasteiger partial charge in [0.15, 0.2) is 0 Å². The monoisotopic (exact) mass is 326 g/mol. The lowest BCUT2D eigenvalue weighted by Gasteiger charge is -2.19. The molecule has 0 radical (unpaired) electrons. The van der Waals surface area contributed by atoms with Gasteiger partial charge in [0.25, 0.3) is 0 Å². The molecular formula is C19H42N4. The molecular weight excluding hydrogens is 284 g/mol. The number of hydrogen-bond acceptors (Lipinski definition) is 4. The zero-order valence-corrected chi connectivity index (χ0v) is 14.8. The molecule has 1 N–H and O–H groups in total. The number of benzene rings is 1. The fourth-order valence-electron chi connectivity index (χ4n) is 1.68. The Hall–Kier alpha value is -0.940. The van der Waals surface area contributed by atoms with Gasteiger partial charge in [0.1, 0.15) is 0 Å². The van der Waals surface area contributed by atoms with E-state index in [1.807, 2.05) is 7.05 Å². The minimum Gasteiger partial charge on any atom is -0.318 e. The van der Waals surface area contributed by atoms with Crippen LogP contribution in [-0.4, -0.2) is 83.2 Å². The van der Waals surface area contributed by atoms with E-state index in [0.29, 0.717) is 0 Å². The average molecular weight is 327 g/mol. The van der Waals surface area contributed by atoms with Crippen LogP contribution in [0.1, 0.15) is 20.4 Å². The van der Waals surface area contributed by atoms with Crippen molar-refractivity contribution in [2.75, 3.05) is 68.5 Å². The maximum atomic E-state index is 3.06. The van der Waals surface area contributed by atoms with Crippen LogP contribution in [0.3, 0.4) is 0 Å². The SMILES string of the molecule is C.C.CN(C)CCN(C)Cc1ccccc1.CNCCN(C)C. The summed E-state index contributed by atoms with van der Waals surface area (Å²) in [4.78, 5) is 6.70. The molecule has 0 unspecified atom stereocenters. The minimum absolute atomic E-state index is 0. The van der Waals surface area contributed by atoms with E-state index in [4.69, 9.17) is 0 Å². The third kappa shape index (κ3) is 19.0. The minimum atomic E-state index is 0. The average Bonchev–Trinajstić information content (AvgIpc) is 2.44. The lowest BCUT2D eigenvalue weighted by atomic mass is 10.2. The van der Waals surface area contributed by atoms with E-state index in [2.05, 4.69) is 85.6 Å². The summed E-state index contributed by atoms with van der Waals surface area (Å²) in [7, 11) is 12.5. The van der Waals surface area contributed by atoms with Gasteiger partial charge in [0.05, 0.1) is 0 Å². The smallest absolute Gasteiger partial charge is 0.0231 e. The zero-order valence-electron chi connectivity index (χ0n) is 14.8. The van der Waals surface area contributed by atoms with Gasteiger partial charge in [-0.2, -0.15) is 0 Å². The van der Waals surface area contributed by atoms with Gasteiger partial charge < -0.3 is 20.0 Å². The summed E-state index contributed by atoms with van der Waals surface area (Å²) in [6.07, 6.45) is 0. The molecule has 4 nitrogen and oxygen atoms in total. The van der Waals surface area contributed by atoms with Crippen molar-refractivity contribution in [2.45, 2.75) is 21.4 Å². The van der Waals surface area contributed by atoms with Crippen LogP contribution in [0.4, 0.5) is 0 Å². The molecule has 4 heteroatoms. The van der Waals surface area contributed by atoms with E-state index in [0.717, 1.165) is 32.7 Å². The van der Waals surface area contributed by atoms with E-state index in [9.17, 15) is 0 Å². The quantitative estimate of drug-likeness (QED) is 0.793. The van der Waals surface area contributed by atoms with Crippen molar-refractivity contribution in [3.8, 4) is 0 Å². The van der Waals surface area contributed by atoms with Gasteiger partial charge >= 0.3 is 0 Å². The first-order valence-electron chi connectivity index (χ1n) is 7.62. The second-order valence-electron chi connectivity index (χ2n) is 5.93. The maximum Gasteiger partial charge on any atom is 0.0231 e. The van der Waals surface area contributed by atoms with Crippen LogP contribution < -0.4 is 5.32 Å². The van der Waals surface area contributed by atoms with Crippen molar-refractivity contribution in [2.24, 2.45) is 0 Å². The highest BCUT2D eigenvalue weighted by Crippen LogP contribution is 2.01. The molecule has 0 spiro atoms. The van der Waals surface area contributed by atoms with Gasteiger partial charge in [-0.1, -0.05) is 45.2 Å². The first-order valence-corrected chi connectivity index (χ1v) is 7.62. The Morgan fingerprint density at radius 1 is 0.783 bits per heavy atom. The van der Waals surface area contributed by atoms with E-state index in [1.54, 1.807) is 0 Å². The van der Waals surface area contributed by atoms with Crippen LogP contribution in [-0.2, 0) is 6.54 Å². The second kappa shape index (κ2) is 17.4. The predicted octanol–water partition coefficient (Wildman–Crippen LogP) is 2.72. The summed E-state index contributed by atoms with van der Waals surface area (Å²) in [5.41, 5.74) is 1.38. The standard InChI is InChI=1S/C12H20N2.C5H14N2.2CH4/c1-13(2)9-10-14(3)11-12-7-5-4-6-8-12;1-6-4-5-7(2)3;;/h4-8H,9-11H2,1-3H3;6H,4-5H2,1-3H3;2*1H4. The molecule has 0 amide bonds. The highest BCUT2D eigenvalue weighted by atomic mass is 15.1. The highest BCUT2D eigenvalue weighted by molar-refractivity contribution is 5.14. The first-order chi connectivity index (χ1) is 9.95. The normalized spacial score (nSPS) is 9.96. The summed E-state index contributed by atoms with van der Waals surface area (Å²) in [6.45, 7) is 5.46. The van der Waals surface area contributed by atoms with Crippen molar-refractivity contribution in [3.63, 3.8) is 0 Å². The lowest BCUT2D eigenvalue weighted by Crippen LogP contribution is -2.28. The topological polar surface area (TPSA) is 21.8 Å². The van der Waals surface area contributed by atoms with Gasteiger partial charge in [-0.3, -0.25) is 0 Å². The third-order valence-corrected chi connectivity index (χ3v) is 3.03. The Bertz CT molecular complexity index is 325. The largest absolute Gasteiger partial charge is 0.318 e. The van der Waals surface area contributed by atoms with E-state index in [1.165, 1.54) is 5.56 Å². The van der Waals surface area contributed by atoms with Crippen LogP contribution in [0.2, 0.25) is 0 Å². The van der Waals surface area contributed by atoms with Gasteiger partial charge in [-0.05, 0) is 47.8 Å². The maximum absolute atomic E-state index is 3.06. The number of nitrogens with zero attached hydrogens (tertiary/aromatic N) is 3. The summed E-state index contributed by atoms with van der Waals surface area (Å²) >= 11 is 0. The number of rotatable bonds is 8. The molecule has 0 aliphatic heterocycles. The lowest BCUT2D eigenvalue weighted by molar-refractivity contribution is 0.276. The molecule has 0 heterocycles. The summed E-state index contributed by atoms with van der Waals surface area (Å²) in [5, 5.41) is 3.06. The Balaban J connectivity index is -0.000000386. The highest BCUT2D eigenvalue weighted by Gasteiger charge is 1.99. The molecule has 23 heavy (non-hydrogen) atoms.